The third-order valence-corrected chi connectivity index (χ3v) is 6.11. The van der Waals surface area contributed by atoms with Gasteiger partial charge in [-0.3, -0.25) is 0 Å². The molecule has 0 unspecified atom stereocenters. The van der Waals surface area contributed by atoms with Crippen LogP contribution in [0.25, 0.3) is 31.3 Å². The Labute approximate surface area is 162 Å². The van der Waals surface area contributed by atoms with Gasteiger partial charge in [-0.25, -0.2) is 4.39 Å². The van der Waals surface area contributed by atoms with E-state index in [1.807, 2.05) is 42.5 Å². The van der Waals surface area contributed by atoms with E-state index in [2.05, 4.69) is 0 Å². The Hall–Kier alpha value is -2.63. The molecular weight excluding hydrogens is 390 g/mol. The fourth-order valence-corrected chi connectivity index (χ4v) is 4.79. The first-order valence-corrected chi connectivity index (χ1v) is 9.06. The van der Waals surface area contributed by atoms with Crippen molar-refractivity contribution in [2.24, 2.45) is 0 Å². The minimum Gasteiger partial charge on any atom is -0.204 e. The maximum atomic E-state index is 14.3. The normalized spacial score (nSPS) is 10.8. The SMILES string of the molecule is N#Cc1c(F)c(C#N)c(Cl)c(-c2ccc3sc4ccccc4c3c2)c1Cl. The summed E-state index contributed by atoms with van der Waals surface area (Å²) in [6.07, 6.45) is 0. The number of nitriles is 2. The van der Waals surface area contributed by atoms with Crippen LogP contribution in [0.4, 0.5) is 4.39 Å². The average molecular weight is 397 g/mol. The first-order chi connectivity index (χ1) is 12.6. The number of hydrogen-bond donors (Lipinski definition) is 0. The zero-order chi connectivity index (χ0) is 18.4. The molecule has 0 saturated carbocycles. The molecule has 124 valence electrons. The number of benzene rings is 3. The molecule has 0 N–H and O–H groups in total. The lowest BCUT2D eigenvalue weighted by Crippen LogP contribution is -1.97. The van der Waals surface area contributed by atoms with Crippen LogP contribution in [-0.4, -0.2) is 0 Å². The summed E-state index contributed by atoms with van der Waals surface area (Å²) in [5.41, 5.74) is 0.167. The van der Waals surface area contributed by atoms with E-state index in [1.165, 1.54) is 0 Å². The molecule has 0 aliphatic rings. The minimum absolute atomic E-state index is 0.0899. The zero-order valence-corrected chi connectivity index (χ0v) is 15.3. The van der Waals surface area contributed by atoms with E-state index in [0.717, 1.165) is 20.2 Å². The van der Waals surface area contributed by atoms with Crippen molar-refractivity contribution in [3.63, 3.8) is 0 Å². The summed E-state index contributed by atoms with van der Waals surface area (Å²) in [6, 6.07) is 17.1. The second-order valence-electron chi connectivity index (χ2n) is 5.60. The summed E-state index contributed by atoms with van der Waals surface area (Å²) < 4.78 is 16.5. The molecule has 0 radical (unpaired) electrons. The molecule has 0 fully saturated rings. The standard InChI is InChI=1S/C20H7Cl2FN2S/c21-18-13(8-24)20(23)14(9-25)19(22)17(18)10-5-6-16-12(7-10)11-3-1-2-4-15(11)26-16/h1-7H. The van der Waals surface area contributed by atoms with Crippen molar-refractivity contribution < 1.29 is 4.39 Å². The highest BCUT2D eigenvalue weighted by molar-refractivity contribution is 7.25. The number of fused-ring (bicyclic) bond motifs is 3. The molecular formula is C20H7Cl2FN2S. The lowest BCUT2D eigenvalue weighted by molar-refractivity contribution is 0.620. The highest BCUT2D eigenvalue weighted by atomic mass is 35.5. The Kier molecular flexibility index (Phi) is 4.05. The number of hydrogen-bond acceptors (Lipinski definition) is 3. The van der Waals surface area contributed by atoms with Gasteiger partial charge in [0, 0.05) is 25.7 Å². The molecule has 4 rings (SSSR count). The maximum Gasteiger partial charge on any atom is 0.161 e. The van der Waals surface area contributed by atoms with E-state index in [0.29, 0.717) is 11.1 Å². The van der Waals surface area contributed by atoms with Crippen LogP contribution in [-0.2, 0) is 0 Å². The van der Waals surface area contributed by atoms with Crippen LogP contribution >= 0.6 is 34.5 Å². The molecule has 4 aromatic rings. The molecule has 1 heterocycles. The summed E-state index contributed by atoms with van der Waals surface area (Å²) in [4.78, 5) is 0. The molecule has 0 bridgehead atoms. The first-order valence-electron chi connectivity index (χ1n) is 7.49. The Balaban J connectivity index is 2.09. The molecule has 0 amide bonds. The van der Waals surface area contributed by atoms with Gasteiger partial charge in [0.1, 0.15) is 23.3 Å². The summed E-state index contributed by atoms with van der Waals surface area (Å²) in [6.45, 7) is 0. The van der Waals surface area contributed by atoms with Crippen LogP contribution < -0.4 is 0 Å². The van der Waals surface area contributed by atoms with Gasteiger partial charge in [0.05, 0.1) is 10.0 Å². The molecule has 0 aliphatic carbocycles. The summed E-state index contributed by atoms with van der Waals surface area (Å²) in [5, 5.41) is 20.4. The van der Waals surface area contributed by atoms with E-state index in [-0.39, 0.29) is 21.2 Å². The van der Waals surface area contributed by atoms with E-state index in [9.17, 15) is 14.9 Å². The second kappa shape index (κ2) is 6.27. The largest absolute Gasteiger partial charge is 0.204 e. The lowest BCUT2D eigenvalue weighted by atomic mass is 9.98. The smallest absolute Gasteiger partial charge is 0.161 e. The Morgan fingerprint density at radius 3 is 2.12 bits per heavy atom. The summed E-state index contributed by atoms with van der Waals surface area (Å²) >= 11 is 14.2. The van der Waals surface area contributed by atoms with Crippen molar-refractivity contribution in [1.29, 1.82) is 10.5 Å². The Morgan fingerprint density at radius 1 is 0.846 bits per heavy atom. The van der Waals surface area contributed by atoms with Crippen LogP contribution in [0.5, 0.6) is 0 Å². The molecule has 0 aliphatic heterocycles. The number of halogens is 3. The van der Waals surface area contributed by atoms with Gasteiger partial charge < -0.3 is 0 Å². The predicted octanol–water partition coefficient (Wildman–Crippen LogP) is 6.91. The minimum atomic E-state index is -0.990. The second-order valence-corrected chi connectivity index (χ2v) is 7.44. The predicted molar refractivity (Wildman–Crippen MR) is 104 cm³/mol. The fraction of sp³-hybridized carbons (Fsp3) is 0. The van der Waals surface area contributed by atoms with Gasteiger partial charge in [0.15, 0.2) is 5.82 Å². The molecule has 0 spiro atoms. The van der Waals surface area contributed by atoms with Crippen LogP contribution in [0.2, 0.25) is 10.0 Å². The molecule has 2 nitrogen and oxygen atoms in total. The maximum absolute atomic E-state index is 14.3. The van der Waals surface area contributed by atoms with Crippen LogP contribution in [0.1, 0.15) is 11.1 Å². The van der Waals surface area contributed by atoms with Crippen molar-refractivity contribution in [3.05, 3.63) is 69.5 Å². The first kappa shape index (κ1) is 16.8. The monoisotopic (exact) mass is 396 g/mol. The van der Waals surface area contributed by atoms with Crippen molar-refractivity contribution in [3.8, 4) is 23.3 Å². The van der Waals surface area contributed by atoms with Crippen molar-refractivity contribution in [1.82, 2.24) is 0 Å². The van der Waals surface area contributed by atoms with Gasteiger partial charge in [0.2, 0.25) is 0 Å². The molecule has 3 aromatic carbocycles. The molecule has 0 saturated heterocycles. The quantitative estimate of drug-likeness (QED) is 0.350. The summed E-state index contributed by atoms with van der Waals surface area (Å²) in [5.74, 6) is -0.990. The highest BCUT2D eigenvalue weighted by Crippen LogP contribution is 2.43. The molecule has 6 heteroatoms. The van der Waals surface area contributed by atoms with Gasteiger partial charge in [-0.15, -0.1) is 11.3 Å². The van der Waals surface area contributed by atoms with Crippen molar-refractivity contribution in [2.45, 2.75) is 0 Å². The van der Waals surface area contributed by atoms with Gasteiger partial charge in [-0.2, -0.15) is 10.5 Å². The third kappa shape index (κ3) is 2.35. The van der Waals surface area contributed by atoms with Crippen LogP contribution in [0.15, 0.2) is 42.5 Å². The Bertz CT molecular complexity index is 1250. The number of thiophene rings is 1. The number of nitrogens with zero attached hydrogens (tertiary/aromatic N) is 2. The highest BCUT2D eigenvalue weighted by Gasteiger charge is 2.23. The van der Waals surface area contributed by atoms with Crippen LogP contribution in [0.3, 0.4) is 0 Å². The van der Waals surface area contributed by atoms with Gasteiger partial charge >= 0.3 is 0 Å². The van der Waals surface area contributed by atoms with Crippen molar-refractivity contribution in [2.75, 3.05) is 0 Å². The van der Waals surface area contributed by atoms with Crippen molar-refractivity contribution >= 4 is 54.7 Å². The van der Waals surface area contributed by atoms with E-state index < -0.39 is 5.82 Å². The zero-order valence-electron chi connectivity index (χ0n) is 13.0. The van der Waals surface area contributed by atoms with Gasteiger partial charge in [-0.05, 0) is 23.8 Å². The lowest BCUT2D eigenvalue weighted by Gasteiger charge is -2.12. The molecule has 0 atom stereocenters. The van der Waals surface area contributed by atoms with E-state index >= 15 is 0 Å². The number of rotatable bonds is 1. The molecule has 26 heavy (non-hydrogen) atoms. The summed E-state index contributed by atoms with van der Waals surface area (Å²) in [7, 11) is 0. The third-order valence-electron chi connectivity index (χ3n) is 4.21. The van der Waals surface area contributed by atoms with Gasteiger partial charge in [0.25, 0.3) is 0 Å². The fourth-order valence-electron chi connectivity index (χ4n) is 3.00. The topological polar surface area (TPSA) is 47.6 Å². The van der Waals surface area contributed by atoms with E-state index in [4.69, 9.17) is 23.2 Å². The van der Waals surface area contributed by atoms with E-state index in [1.54, 1.807) is 23.5 Å². The van der Waals surface area contributed by atoms with Crippen LogP contribution in [0, 0.1) is 28.5 Å². The molecule has 1 aromatic heterocycles. The van der Waals surface area contributed by atoms with Gasteiger partial charge in [-0.1, -0.05) is 47.5 Å². The Morgan fingerprint density at radius 2 is 1.46 bits per heavy atom. The average Bonchev–Trinajstić information content (AvgIpc) is 3.00.